The van der Waals surface area contributed by atoms with Gasteiger partial charge in [0.2, 0.25) is 0 Å². The third-order valence-electron chi connectivity index (χ3n) is 3.13. The third kappa shape index (κ3) is 3.08. The first-order valence-corrected chi connectivity index (χ1v) is 6.08. The monoisotopic (exact) mass is 242 g/mol. The van der Waals surface area contributed by atoms with Gasteiger partial charge in [0, 0.05) is 25.0 Å². The predicted molar refractivity (Wildman–Crippen MR) is 72.3 cm³/mol. The van der Waals surface area contributed by atoms with Crippen LogP contribution in [0.15, 0.2) is 42.7 Å². The van der Waals surface area contributed by atoms with E-state index >= 15 is 0 Å². The number of pyridine rings is 1. The summed E-state index contributed by atoms with van der Waals surface area (Å²) in [5.74, 6) is 0.302. The van der Waals surface area contributed by atoms with Crippen LogP contribution in [0.5, 0.6) is 5.75 Å². The zero-order chi connectivity index (χ0) is 13.0. The van der Waals surface area contributed by atoms with Crippen LogP contribution in [-0.2, 0) is 6.54 Å². The van der Waals surface area contributed by atoms with E-state index in [0.29, 0.717) is 5.75 Å². The lowest BCUT2D eigenvalue weighted by Crippen LogP contribution is -2.18. The van der Waals surface area contributed by atoms with E-state index in [0.717, 1.165) is 6.54 Å². The molecule has 1 aromatic heterocycles. The fourth-order valence-electron chi connectivity index (χ4n) is 1.84. The van der Waals surface area contributed by atoms with Crippen LogP contribution in [0.4, 0.5) is 0 Å². The summed E-state index contributed by atoms with van der Waals surface area (Å²) < 4.78 is 0. The van der Waals surface area contributed by atoms with E-state index < -0.39 is 0 Å². The highest BCUT2D eigenvalue weighted by Gasteiger charge is 2.05. The van der Waals surface area contributed by atoms with Crippen molar-refractivity contribution >= 4 is 0 Å². The molecule has 0 aliphatic heterocycles. The molecule has 0 spiro atoms. The summed E-state index contributed by atoms with van der Waals surface area (Å²) in [5, 5.41) is 12.7. The molecule has 94 valence electrons. The molecule has 1 aromatic carbocycles. The molecule has 0 saturated carbocycles. The van der Waals surface area contributed by atoms with E-state index in [9.17, 15) is 5.11 Å². The Bertz CT molecular complexity index is 508. The van der Waals surface area contributed by atoms with Crippen LogP contribution in [0.2, 0.25) is 0 Å². The van der Waals surface area contributed by atoms with Gasteiger partial charge >= 0.3 is 0 Å². The molecule has 1 atom stereocenters. The summed E-state index contributed by atoms with van der Waals surface area (Å²) in [6, 6.07) is 9.58. The third-order valence-corrected chi connectivity index (χ3v) is 3.13. The maximum atomic E-state index is 9.26. The van der Waals surface area contributed by atoms with Crippen molar-refractivity contribution in [1.82, 2.24) is 10.3 Å². The van der Waals surface area contributed by atoms with Crippen LogP contribution in [0, 0.1) is 6.92 Å². The molecular weight excluding hydrogens is 224 g/mol. The van der Waals surface area contributed by atoms with Crippen molar-refractivity contribution in [1.29, 1.82) is 0 Å². The number of hydrogen-bond acceptors (Lipinski definition) is 3. The number of aromatic hydroxyl groups is 1. The Morgan fingerprint density at radius 1 is 1.22 bits per heavy atom. The SMILES string of the molecule is Cc1cnccc1CNC(C)c1ccc(O)cc1. The minimum absolute atomic E-state index is 0.248. The smallest absolute Gasteiger partial charge is 0.115 e. The van der Waals surface area contributed by atoms with Gasteiger partial charge in [-0.3, -0.25) is 4.98 Å². The quantitative estimate of drug-likeness (QED) is 0.866. The topological polar surface area (TPSA) is 45.2 Å². The second-order valence-electron chi connectivity index (χ2n) is 4.50. The number of phenols is 1. The minimum Gasteiger partial charge on any atom is -0.508 e. The van der Waals surface area contributed by atoms with E-state index in [-0.39, 0.29) is 6.04 Å². The van der Waals surface area contributed by atoms with Gasteiger partial charge in [0.05, 0.1) is 0 Å². The number of hydrogen-bond donors (Lipinski definition) is 2. The summed E-state index contributed by atoms with van der Waals surface area (Å²) in [5.41, 5.74) is 3.62. The summed E-state index contributed by atoms with van der Waals surface area (Å²) in [7, 11) is 0. The van der Waals surface area contributed by atoms with Crippen molar-refractivity contribution in [3.63, 3.8) is 0 Å². The molecule has 2 N–H and O–H groups in total. The molecule has 3 heteroatoms. The van der Waals surface area contributed by atoms with Crippen molar-refractivity contribution in [2.24, 2.45) is 0 Å². The average Bonchev–Trinajstić information content (AvgIpc) is 2.38. The fraction of sp³-hybridized carbons (Fsp3) is 0.267. The van der Waals surface area contributed by atoms with Crippen LogP contribution in [0.1, 0.15) is 29.7 Å². The zero-order valence-corrected chi connectivity index (χ0v) is 10.7. The summed E-state index contributed by atoms with van der Waals surface area (Å²) >= 11 is 0. The molecule has 3 nitrogen and oxygen atoms in total. The first kappa shape index (κ1) is 12.6. The van der Waals surface area contributed by atoms with Gasteiger partial charge in [-0.25, -0.2) is 0 Å². The second kappa shape index (κ2) is 5.65. The highest BCUT2D eigenvalue weighted by molar-refractivity contribution is 5.28. The van der Waals surface area contributed by atoms with E-state index in [2.05, 4.69) is 24.1 Å². The molecule has 0 radical (unpaired) electrons. The van der Waals surface area contributed by atoms with Crippen molar-refractivity contribution in [2.75, 3.05) is 0 Å². The van der Waals surface area contributed by atoms with E-state index in [4.69, 9.17) is 0 Å². The average molecular weight is 242 g/mol. The minimum atomic E-state index is 0.248. The molecule has 0 aliphatic carbocycles. The largest absolute Gasteiger partial charge is 0.508 e. The van der Waals surface area contributed by atoms with Gasteiger partial charge in [0.15, 0.2) is 0 Å². The van der Waals surface area contributed by atoms with Crippen LogP contribution < -0.4 is 5.32 Å². The van der Waals surface area contributed by atoms with Crippen molar-refractivity contribution in [3.05, 3.63) is 59.4 Å². The van der Waals surface area contributed by atoms with Gasteiger partial charge in [0.25, 0.3) is 0 Å². The maximum absolute atomic E-state index is 9.26. The molecule has 2 rings (SSSR count). The van der Waals surface area contributed by atoms with Gasteiger partial charge in [0.1, 0.15) is 5.75 Å². The molecule has 0 bridgehead atoms. The Morgan fingerprint density at radius 2 is 1.94 bits per heavy atom. The number of nitrogens with one attached hydrogen (secondary N) is 1. The Labute approximate surface area is 108 Å². The van der Waals surface area contributed by atoms with Gasteiger partial charge in [-0.15, -0.1) is 0 Å². The molecule has 18 heavy (non-hydrogen) atoms. The lowest BCUT2D eigenvalue weighted by molar-refractivity contribution is 0.474. The van der Waals surface area contributed by atoms with Gasteiger partial charge in [-0.2, -0.15) is 0 Å². The number of benzene rings is 1. The Balaban J connectivity index is 1.98. The first-order chi connectivity index (χ1) is 8.66. The lowest BCUT2D eigenvalue weighted by Gasteiger charge is -2.15. The van der Waals surface area contributed by atoms with E-state index in [1.807, 2.05) is 30.6 Å². The summed E-state index contributed by atoms with van der Waals surface area (Å²) in [6.45, 7) is 4.99. The molecular formula is C15H18N2O. The Kier molecular flexibility index (Phi) is 3.95. The maximum Gasteiger partial charge on any atom is 0.115 e. The molecule has 0 fully saturated rings. The van der Waals surface area contributed by atoms with Crippen LogP contribution in [0.25, 0.3) is 0 Å². The van der Waals surface area contributed by atoms with Crippen LogP contribution in [0.3, 0.4) is 0 Å². The van der Waals surface area contributed by atoms with Crippen molar-refractivity contribution in [2.45, 2.75) is 26.4 Å². The molecule has 0 saturated heterocycles. The molecule has 0 aliphatic rings. The predicted octanol–water partition coefficient (Wildman–Crippen LogP) is 2.95. The number of aryl methyl sites for hydroxylation is 1. The molecule has 2 aromatic rings. The molecule has 0 amide bonds. The van der Waals surface area contributed by atoms with E-state index in [1.165, 1.54) is 16.7 Å². The summed E-state index contributed by atoms with van der Waals surface area (Å²) in [4.78, 5) is 4.08. The van der Waals surface area contributed by atoms with E-state index in [1.54, 1.807) is 12.1 Å². The summed E-state index contributed by atoms with van der Waals surface area (Å²) in [6.07, 6.45) is 3.69. The lowest BCUT2D eigenvalue weighted by atomic mass is 10.1. The number of phenolic OH excluding ortho intramolecular Hbond substituents is 1. The first-order valence-electron chi connectivity index (χ1n) is 6.08. The Morgan fingerprint density at radius 3 is 2.61 bits per heavy atom. The zero-order valence-electron chi connectivity index (χ0n) is 10.7. The van der Waals surface area contributed by atoms with Crippen LogP contribution in [-0.4, -0.2) is 10.1 Å². The van der Waals surface area contributed by atoms with Crippen molar-refractivity contribution in [3.8, 4) is 5.75 Å². The van der Waals surface area contributed by atoms with Crippen LogP contribution >= 0.6 is 0 Å². The van der Waals surface area contributed by atoms with Gasteiger partial charge < -0.3 is 10.4 Å². The molecule has 1 heterocycles. The highest BCUT2D eigenvalue weighted by Crippen LogP contribution is 2.17. The van der Waals surface area contributed by atoms with Gasteiger partial charge in [-0.05, 0) is 48.7 Å². The number of aromatic nitrogens is 1. The fourth-order valence-corrected chi connectivity index (χ4v) is 1.84. The molecule has 1 unspecified atom stereocenters. The number of nitrogens with zero attached hydrogens (tertiary/aromatic N) is 1. The standard InChI is InChI=1S/C15H18N2O/c1-11-9-16-8-7-14(11)10-17-12(2)13-3-5-15(18)6-4-13/h3-9,12,17-18H,10H2,1-2H3. The Hall–Kier alpha value is -1.87. The second-order valence-corrected chi connectivity index (χ2v) is 4.50. The van der Waals surface area contributed by atoms with Crippen molar-refractivity contribution < 1.29 is 5.11 Å². The number of rotatable bonds is 4. The highest BCUT2D eigenvalue weighted by atomic mass is 16.3. The normalized spacial score (nSPS) is 12.3. The van der Waals surface area contributed by atoms with Gasteiger partial charge in [-0.1, -0.05) is 12.1 Å².